The first kappa shape index (κ1) is 22.0. The third-order valence-electron chi connectivity index (χ3n) is 4.88. The zero-order valence-corrected chi connectivity index (χ0v) is 15.9. The summed E-state index contributed by atoms with van der Waals surface area (Å²) in [4.78, 5) is 15.8. The molecule has 3 rings (SSSR count). The number of hydrogen-bond donors (Lipinski definition) is 1. The summed E-state index contributed by atoms with van der Waals surface area (Å²) in [5.74, 6) is -5.45. The Morgan fingerprint density at radius 1 is 1.30 bits per heavy atom. The van der Waals surface area contributed by atoms with Crippen LogP contribution in [0.1, 0.15) is 38.5 Å². The minimum absolute atomic E-state index is 0.0141. The molecule has 5 nitrogen and oxygen atoms in total. The monoisotopic (exact) mass is 429 g/mol. The van der Waals surface area contributed by atoms with Gasteiger partial charge in [-0.2, -0.15) is 14.0 Å². The van der Waals surface area contributed by atoms with E-state index in [9.17, 15) is 26.7 Å². The lowest BCUT2D eigenvalue weighted by molar-refractivity contribution is -0.126. The zero-order valence-electron chi connectivity index (χ0n) is 15.9. The van der Waals surface area contributed by atoms with Crippen molar-refractivity contribution in [3.63, 3.8) is 0 Å². The minimum atomic E-state index is -4.02. The van der Waals surface area contributed by atoms with Crippen LogP contribution in [0, 0.1) is 23.1 Å². The van der Waals surface area contributed by atoms with Crippen LogP contribution in [-0.2, 0) is 4.79 Å². The lowest BCUT2D eigenvalue weighted by Gasteiger charge is -2.22. The predicted octanol–water partition coefficient (Wildman–Crippen LogP) is 4.23. The summed E-state index contributed by atoms with van der Waals surface area (Å²) in [6, 6.07) is 3.82. The topological polar surface area (TPSA) is 74.5 Å². The van der Waals surface area contributed by atoms with E-state index in [1.54, 1.807) is 0 Å². The minimum Gasteiger partial charge on any atom is -0.428 e. The van der Waals surface area contributed by atoms with Crippen molar-refractivity contribution in [1.29, 1.82) is 5.26 Å². The van der Waals surface area contributed by atoms with E-state index in [4.69, 9.17) is 5.26 Å². The van der Waals surface area contributed by atoms with Gasteiger partial charge in [0.25, 0.3) is 5.92 Å². The number of aliphatic imine (C=N–C) groups is 1. The van der Waals surface area contributed by atoms with Gasteiger partial charge in [-0.25, -0.2) is 13.2 Å². The highest BCUT2D eigenvalue weighted by Gasteiger charge is 2.47. The molecule has 0 aliphatic heterocycles. The van der Waals surface area contributed by atoms with E-state index in [0.717, 1.165) is 24.3 Å². The summed E-state index contributed by atoms with van der Waals surface area (Å²) in [5.41, 5.74) is -1.15. The lowest BCUT2D eigenvalue weighted by atomic mass is 10.0. The Kier molecular flexibility index (Phi) is 6.01. The van der Waals surface area contributed by atoms with Crippen molar-refractivity contribution in [3.8, 4) is 11.8 Å². The Labute approximate surface area is 169 Å². The second-order valence-electron chi connectivity index (χ2n) is 7.80. The molecule has 2 fully saturated rings. The standard InChI is InChI=1S/C20H20F5N3O2/c21-14-3-5-15(6-4-14)30-20(24,25)12-27-16(10-19(22,23)9-13-1-2-13)17(29)28-18(11-26)7-8-18/h3-6,12-13,16H,1-2,7-10H2,(H,28,29). The summed E-state index contributed by atoms with van der Waals surface area (Å²) in [6.07, 6.45) is -3.50. The van der Waals surface area contributed by atoms with Crippen LogP contribution in [0.2, 0.25) is 0 Å². The van der Waals surface area contributed by atoms with Gasteiger partial charge in [0, 0.05) is 12.8 Å². The van der Waals surface area contributed by atoms with E-state index in [-0.39, 0.29) is 17.9 Å². The average molecular weight is 429 g/mol. The van der Waals surface area contributed by atoms with Gasteiger partial charge in [-0.05, 0) is 55.9 Å². The van der Waals surface area contributed by atoms with Gasteiger partial charge in [0.15, 0.2) is 0 Å². The number of nitrogens with zero attached hydrogens (tertiary/aromatic N) is 2. The Bertz CT molecular complexity index is 843. The molecule has 1 amide bonds. The second-order valence-corrected chi connectivity index (χ2v) is 7.80. The van der Waals surface area contributed by atoms with Crippen molar-refractivity contribution in [2.45, 2.75) is 62.1 Å². The number of carbonyl (C=O) groups is 1. The van der Waals surface area contributed by atoms with Crippen LogP contribution in [0.15, 0.2) is 29.3 Å². The van der Waals surface area contributed by atoms with E-state index >= 15 is 0 Å². The van der Waals surface area contributed by atoms with Crippen molar-refractivity contribution in [3.05, 3.63) is 30.1 Å². The Balaban J connectivity index is 1.71. The number of halogens is 5. The molecule has 1 N–H and O–H groups in total. The third-order valence-corrected chi connectivity index (χ3v) is 4.88. The first-order valence-corrected chi connectivity index (χ1v) is 9.49. The van der Waals surface area contributed by atoms with Gasteiger partial charge in [0.1, 0.15) is 29.4 Å². The van der Waals surface area contributed by atoms with Gasteiger partial charge >= 0.3 is 6.11 Å². The van der Waals surface area contributed by atoms with Gasteiger partial charge in [0.05, 0.1) is 6.07 Å². The first-order valence-electron chi connectivity index (χ1n) is 9.49. The number of nitriles is 1. The van der Waals surface area contributed by atoms with Crippen LogP contribution in [0.3, 0.4) is 0 Å². The van der Waals surface area contributed by atoms with Crippen molar-refractivity contribution in [2.24, 2.45) is 10.9 Å². The van der Waals surface area contributed by atoms with Crippen LogP contribution in [0.5, 0.6) is 5.75 Å². The molecular formula is C20H20F5N3O2. The van der Waals surface area contributed by atoms with Crippen LogP contribution in [-0.4, -0.2) is 35.7 Å². The van der Waals surface area contributed by atoms with Crippen molar-refractivity contribution < 1.29 is 31.5 Å². The number of hydrogen-bond acceptors (Lipinski definition) is 4. The number of carbonyl (C=O) groups excluding carboxylic acids is 1. The number of alkyl halides is 4. The first-order chi connectivity index (χ1) is 14.0. The van der Waals surface area contributed by atoms with E-state index in [1.807, 2.05) is 6.07 Å². The van der Waals surface area contributed by atoms with Gasteiger partial charge < -0.3 is 10.1 Å². The van der Waals surface area contributed by atoms with Gasteiger partial charge in [-0.1, -0.05) is 0 Å². The molecule has 0 heterocycles. The maximum absolute atomic E-state index is 14.3. The lowest BCUT2D eigenvalue weighted by Crippen LogP contribution is -2.44. The predicted molar refractivity (Wildman–Crippen MR) is 96.9 cm³/mol. The normalized spacial score (nSPS) is 19.2. The van der Waals surface area contributed by atoms with E-state index < -0.39 is 48.2 Å². The summed E-state index contributed by atoms with van der Waals surface area (Å²) in [6.45, 7) is 0. The Morgan fingerprint density at radius 3 is 2.47 bits per heavy atom. The molecule has 0 aromatic heterocycles. The zero-order chi connectivity index (χ0) is 22.0. The number of benzene rings is 1. The van der Waals surface area contributed by atoms with Crippen molar-refractivity contribution >= 4 is 12.1 Å². The maximum Gasteiger partial charge on any atom is 0.436 e. The molecule has 1 atom stereocenters. The number of nitrogens with one attached hydrogen (secondary N) is 1. The van der Waals surface area contributed by atoms with Crippen LogP contribution < -0.4 is 10.1 Å². The Hall–Kier alpha value is -2.70. The number of amides is 1. The highest BCUT2D eigenvalue weighted by molar-refractivity contribution is 5.85. The summed E-state index contributed by atoms with van der Waals surface area (Å²) < 4.78 is 74.0. The fourth-order valence-corrected chi connectivity index (χ4v) is 2.90. The number of rotatable bonds is 10. The molecule has 1 aromatic carbocycles. The van der Waals surface area contributed by atoms with E-state index in [0.29, 0.717) is 25.7 Å². The highest BCUT2D eigenvalue weighted by atomic mass is 19.3. The molecule has 0 radical (unpaired) electrons. The van der Waals surface area contributed by atoms with Crippen LogP contribution in [0.25, 0.3) is 0 Å². The second kappa shape index (κ2) is 8.20. The molecule has 0 spiro atoms. The largest absolute Gasteiger partial charge is 0.436 e. The van der Waals surface area contributed by atoms with Crippen LogP contribution in [0.4, 0.5) is 22.0 Å². The third kappa shape index (κ3) is 6.40. The van der Waals surface area contributed by atoms with Crippen LogP contribution >= 0.6 is 0 Å². The van der Waals surface area contributed by atoms with Crippen molar-refractivity contribution in [2.75, 3.05) is 0 Å². The van der Waals surface area contributed by atoms with Gasteiger partial charge in [-0.3, -0.25) is 9.79 Å². The Morgan fingerprint density at radius 2 is 1.93 bits per heavy atom. The average Bonchev–Trinajstić information content (AvgIpc) is 3.58. The number of ether oxygens (including phenoxy) is 1. The summed E-state index contributed by atoms with van der Waals surface area (Å²) >= 11 is 0. The highest BCUT2D eigenvalue weighted by Crippen LogP contribution is 2.41. The molecular weight excluding hydrogens is 409 g/mol. The smallest absolute Gasteiger partial charge is 0.428 e. The summed E-state index contributed by atoms with van der Waals surface area (Å²) in [7, 11) is 0. The van der Waals surface area contributed by atoms with E-state index in [1.165, 1.54) is 0 Å². The molecule has 0 saturated heterocycles. The molecule has 0 bridgehead atoms. The van der Waals surface area contributed by atoms with Crippen molar-refractivity contribution in [1.82, 2.24) is 5.32 Å². The fraction of sp³-hybridized carbons (Fsp3) is 0.550. The molecule has 2 aliphatic carbocycles. The quantitative estimate of drug-likeness (QED) is 0.447. The molecule has 162 valence electrons. The molecule has 30 heavy (non-hydrogen) atoms. The molecule has 2 aliphatic rings. The van der Waals surface area contributed by atoms with Gasteiger partial charge in [-0.15, -0.1) is 0 Å². The summed E-state index contributed by atoms with van der Waals surface area (Å²) in [5, 5.41) is 11.4. The molecule has 2 saturated carbocycles. The van der Waals surface area contributed by atoms with E-state index in [2.05, 4.69) is 15.0 Å². The molecule has 10 heteroatoms. The molecule has 1 aromatic rings. The molecule has 1 unspecified atom stereocenters. The maximum atomic E-state index is 14.3. The fourth-order valence-electron chi connectivity index (χ4n) is 2.90. The SMILES string of the molecule is N#CC1(NC(=O)C(CC(F)(F)CC2CC2)N=CC(F)(F)Oc2ccc(F)cc2)CC1. The van der Waals surface area contributed by atoms with Gasteiger partial charge in [0.2, 0.25) is 5.91 Å².